The van der Waals surface area contributed by atoms with E-state index in [4.69, 9.17) is 5.73 Å². The van der Waals surface area contributed by atoms with E-state index in [-0.39, 0.29) is 61.9 Å². The molecule has 78 heavy (non-hydrogen) atoms. The second kappa shape index (κ2) is 33.3. The van der Waals surface area contributed by atoms with Crippen molar-refractivity contribution in [1.29, 1.82) is 0 Å². The molecule has 11 amide bonds. The third-order valence-electron chi connectivity index (χ3n) is 14.2. The summed E-state index contributed by atoms with van der Waals surface area (Å²) in [6, 6.07) is -8.57. The number of aliphatic hydroxyl groups excluding tert-OH is 1. The lowest BCUT2D eigenvalue weighted by Gasteiger charge is -2.41. The maximum atomic E-state index is 15.0. The molecule has 0 bridgehead atoms. The number of primary amides is 1. The quantitative estimate of drug-likeness (QED) is 0.0592. The minimum absolute atomic E-state index is 0.0580. The van der Waals surface area contributed by atoms with Crippen LogP contribution in [0.2, 0.25) is 0 Å². The molecule has 0 spiro atoms. The molecule has 0 aliphatic heterocycles. The first-order valence-corrected chi connectivity index (χ1v) is 27.2. The highest BCUT2D eigenvalue weighted by Gasteiger charge is 2.45. The standard InChI is InChI=1S/C55H99N11O12/c1-22-24-25-35(11)47(70)46(49(72)59-39(23-2)52(75)62(17)30-44(69)60(15)28-42(56)67)66(21)55(78)45(34(9)10)65(20)54(77)41(27-32(5)6)64(19)53(76)40(26-31(3)4)63(18)51(74)38(14)58-48(71)37(13)57-43(68)29-61(16)50(73)36(12)33(7)8/h22,24,31-41,45-47,70H,23,25-30H2,1-21H3,(H2,56,67)(H,57,68)(H,58,71)(H,59,72)/b24-22-/t35-,36-,37-,38+,39+,40-,41-,45-,46?,47+/m1/s1. The van der Waals surface area contributed by atoms with E-state index in [0.717, 1.165) is 14.7 Å². The number of likely N-dealkylation sites (N-methyl/N-ethyl adjacent to an activating group) is 7. The molecule has 0 aliphatic rings. The van der Waals surface area contributed by atoms with Gasteiger partial charge in [-0.2, -0.15) is 0 Å². The fourth-order valence-electron chi connectivity index (χ4n) is 8.83. The van der Waals surface area contributed by atoms with E-state index >= 15 is 0 Å². The van der Waals surface area contributed by atoms with E-state index < -0.39 is 126 Å². The van der Waals surface area contributed by atoms with Crippen LogP contribution in [0, 0.1) is 35.5 Å². The molecule has 0 aromatic carbocycles. The number of nitrogens with zero attached hydrogens (tertiary/aromatic N) is 7. The van der Waals surface area contributed by atoms with Crippen molar-refractivity contribution >= 4 is 65.0 Å². The van der Waals surface area contributed by atoms with Crippen molar-refractivity contribution in [3.8, 4) is 0 Å². The van der Waals surface area contributed by atoms with Crippen LogP contribution in [0.3, 0.4) is 0 Å². The first kappa shape index (κ1) is 71.9. The minimum Gasteiger partial charge on any atom is -0.390 e. The van der Waals surface area contributed by atoms with Gasteiger partial charge >= 0.3 is 0 Å². The van der Waals surface area contributed by atoms with Crippen molar-refractivity contribution in [3.63, 3.8) is 0 Å². The number of rotatable bonds is 32. The summed E-state index contributed by atoms with van der Waals surface area (Å²) in [5.74, 6) is -8.59. The Morgan fingerprint density at radius 3 is 1.44 bits per heavy atom. The molecule has 0 saturated heterocycles. The molecule has 10 atom stereocenters. The Morgan fingerprint density at radius 2 is 0.987 bits per heavy atom. The van der Waals surface area contributed by atoms with Crippen LogP contribution in [0.25, 0.3) is 0 Å². The molecule has 1 unspecified atom stereocenters. The normalized spacial score (nSPS) is 15.4. The number of allylic oxidation sites excluding steroid dienone is 2. The predicted molar refractivity (Wildman–Crippen MR) is 298 cm³/mol. The van der Waals surface area contributed by atoms with Crippen molar-refractivity contribution in [2.24, 2.45) is 41.2 Å². The van der Waals surface area contributed by atoms with Crippen molar-refractivity contribution in [3.05, 3.63) is 12.2 Å². The first-order chi connectivity index (χ1) is 35.9. The zero-order valence-electron chi connectivity index (χ0n) is 50.8. The smallest absolute Gasteiger partial charge is 0.246 e. The molecule has 6 N–H and O–H groups in total. The fourth-order valence-corrected chi connectivity index (χ4v) is 8.83. The molecule has 0 fully saturated rings. The van der Waals surface area contributed by atoms with Crippen LogP contribution in [0.4, 0.5) is 0 Å². The molecule has 0 rings (SSSR count). The maximum absolute atomic E-state index is 15.0. The SMILES string of the molecule is C/C=C\C[C@@H](C)[C@H](O)C(C(=O)N[C@@H](CC)C(=O)N(C)CC(=O)N(C)CC(N)=O)N(C)C(=O)[C@@H](C(C)C)N(C)C(=O)[C@@H](CC(C)C)N(C)C(=O)[C@@H](CC(C)C)N(C)C(=O)[C@H](C)NC(=O)[C@@H](C)NC(=O)CN(C)C(=O)[C@H](C)C(C)C. The van der Waals surface area contributed by atoms with E-state index in [1.807, 2.05) is 41.5 Å². The van der Waals surface area contributed by atoms with Gasteiger partial charge in [0.15, 0.2) is 0 Å². The van der Waals surface area contributed by atoms with Gasteiger partial charge in [0.05, 0.1) is 25.7 Å². The van der Waals surface area contributed by atoms with Gasteiger partial charge in [0.1, 0.15) is 42.3 Å². The Morgan fingerprint density at radius 1 is 0.513 bits per heavy atom. The van der Waals surface area contributed by atoms with Gasteiger partial charge in [-0.1, -0.05) is 88.3 Å². The van der Waals surface area contributed by atoms with E-state index in [1.54, 1.807) is 53.7 Å². The highest BCUT2D eigenvalue weighted by Crippen LogP contribution is 2.25. The van der Waals surface area contributed by atoms with Crippen molar-refractivity contribution in [2.45, 2.75) is 171 Å². The second-order valence-corrected chi connectivity index (χ2v) is 22.6. The summed E-state index contributed by atoms with van der Waals surface area (Å²) in [5, 5.41) is 19.8. The van der Waals surface area contributed by atoms with Crippen LogP contribution in [0.1, 0.15) is 123 Å². The molecule has 0 aromatic rings. The highest BCUT2D eigenvalue weighted by atomic mass is 16.3. The lowest BCUT2D eigenvalue weighted by atomic mass is 9.91. The second-order valence-electron chi connectivity index (χ2n) is 22.6. The van der Waals surface area contributed by atoms with Crippen LogP contribution in [0.15, 0.2) is 12.2 Å². The van der Waals surface area contributed by atoms with Crippen LogP contribution in [0.5, 0.6) is 0 Å². The van der Waals surface area contributed by atoms with Gasteiger partial charge in [-0.05, 0) is 76.0 Å². The van der Waals surface area contributed by atoms with Gasteiger partial charge in [0.25, 0.3) is 0 Å². The molecule has 0 aromatic heterocycles. The summed E-state index contributed by atoms with van der Waals surface area (Å²) in [7, 11) is 9.85. The summed E-state index contributed by atoms with van der Waals surface area (Å²) in [4.78, 5) is 158. The number of hydrogen-bond donors (Lipinski definition) is 5. The van der Waals surface area contributed by atoms with E-state index in [2.05, 4.69) is 16.0 Å². The van der Waals surface area contributed by atoms with Crippen LogP contribution < -0.4 is 21.7 Å². The van der Waals surface area contributed by atoms with Crippen molar-refractivity contribution < 1.29 is 57.8 Å². The summed E-state index contributed by atoms with van der Waals surface area (Å²) < 4.78 is 0. The number of nitrogens with one attached hydrogen (secondary N) is 3. The van der Waals surface area contributed by atoms with Gasteiger partial charge in [0.2, 0.25) is 65.0 Å². The Bertz CT molecular complexity index is 2100. The molecule has 446 valence electrons. The van der Waals surface area contributed by atoms with Gasteiger partial charge in [-0.15, -0.1) is 0 Å². The average molecular weight is 1110 g/mol. The van der Waals surface area contributed by atoms with E-state index in [0.29, 0.717) is 6.42 Å². The minimum atomic E-state index is -1.59. The molecule has 0 radical (unpaired) electrons. The Kier molecular flexibility index (Phi) is 30.7. The summed E-state index contributed by atoms with van der Waals surface area (Å²) >= 11 is 0. The number of aliphatic hydroxyl groups is 1. The van der Waals surface area contributed by atoms with Crippen LogP contribution in [-0.2, 0) is 52.7 Å². The van der Waals surface area contributed by atoms with Crippen molar-refractivity contribution in [1.82, 2.24) is 50.2 Å². The average Bonchev–Trinajstić information content (AvgIpc) is 3.35. The zero-order chi connectivity index (χ0) is 61.0. The third-order valence-corrected chi connectivity index (χ3v) is 14.2. The maximum Gasteiger partial charge on any atom is 0.246 e. The third kappa shape index (κ3) is 21.6. The van der Waals surface area contributed by atoms with E-state index in [9.17, 15) is 57.8 Å². The number of carbonyl (C=O) groups is 11. The Hall–Kier alpha value is -6.13. The lowest BCUT2D eigenvalue weighted by Crippen LogP contribution is -2.63. The monoisotopic (exact) mass is 1110 g/mol. The summed E-state index contributed by atoms with van der Waals surface area (Å²) in [6.07, 6.45) is 2.78. The summed E-state index contributed by atoms with van der Waals surface area (Å²) in [5.41, 5.74) is 5.22. The number of hydrogen-bond acceptors (Lipinski definition) is 12. The van der Waals surface area contributed by atoms with Gasteiger partial charge < -0.3 is 61.1 Å². The summed E-state index contributed by atoms with van der Waals surface area (Å²) in [6.45, 7) is 23.4. The molecule has 23 heteroatoms. The van der Waals surface area contributed by atoms with Gasteiger partial charge in [0, 0.05) is 55.3 Å². The van der Waals surface area contributed by atoms with Crippen LogP contribution in [-0.4, -0.2) is 222 Å². The fraction of sp³-hybridized carbons (Fsp3) is 0.764. The predicted octanol–water partition coefficient (Wildman–Crippen LogP) is 1.06. The largest absolute Gasteiger partial charge is 0.390 e. The van der Waals surface area contributed by atoms with Gasteiger partial charge in [-0.3, -0.25) is 52.7 Å². The molecule has 0 saturated carbocycles. The van der Waals surface area contributed by atoms with Crippen LogP contribution >= 0.6 is 0 Å². The molecular weight excluding hydrogens is 1010 g/mol. The topological polar surface area (TPSA) is 293 Å². The molecule has 0 heterocycles. The van der Waals surface area contributed by atoms with Gasteiger partial charge in [-0.25, -0.2) is 0 Å². The molecule has 23 nitrogen and oxygen atoms in total. The highest BCUT2D eigenvalue weighted by molar-refractivity contribution is 5.98. The number of carbonyl (C=O) groups excluding carboxylic acids is 11. The Labute approximate surface area is 465 Å². The molecular formula is C55H99N11O12. The number of nitrogens with two attached hydrogens (primary N) is 1. The first-order valence-electron chi connectivity index (χ1n) is 27.2. The van der Waals surface area contributed by atoms with E-state index in [1.165, 1.54) is 82.8 Å². The lowest BCUT2D eigenvalue weighted by molar-refractivity contribution is -0.157. The Balaban J connectivity index is 6.91. The number of amides is 11. The zero-order valence-corrected chi connectivity index (χ0v) is 50.8. The van der Waals surface area contributed by atoms with Crippen molar-refractivity contribution in [2.75, 3.05) is 69.0 Å². The molecule has 0 aliphatic carbocycles.